The first-order chi connectivity index (χ1) is 15.8. The smallest absolute Gasteiger partial charge is 0.274 e. The molecule has 5 aromatic rings. The Kier molecular flexibility index (Phi) is 4.28. The standard InChI is InChI=1S/C24H19N7O/c32-24(20-13-16(9-10-25-20)21-14-26-22-6-1-2-11-30(21)22)28-18-5-3-4-17(12-18)23-29-27-15-31(23)19-7-8-19/h1-6,9-15,19H,7-8H2,(H,28,32). The zero-order chi connectivity index (χ0) is 21.5. The van der Waals surface area contributed by atoms with Gasteiger partial charge in [0.25, 0.3) is 5.91 Å². The van der Waals surface area contributed by atoms with E-state index in [0.29, 0.717) is 17.4 Å². The van der Waals surface area contributed by atoms with Crippen molar-refractivity contribution in [2.24, 2.45) is 0 Å². The second-order valence-electron chi connectivity index (χ2n) is 7.83. The average molecular weight is 421 g/mol. The molecule has 0 saturated heterocycles. The van der Waals surface area contributed by atoms with Gasteiger partial charge in [-0.25, -0.2) is 4.98 Å². The first-order valence-corrected chi connectivity index (χ1v) is 10.5. The molecule has 1 aromatic carbocycles. The third kappa shape index (κ3) is 3.31. The van der Waals surface area contributed by atoms with Gasteiger partial charge in [-0.1, -0.05) is 18.2 Å². The zero-order valence-electron chi connectivity index (χ0n) is 17.1. The SMILES string of the molecule is O=C(Nc1cccc(-c2nncn2C2CC2)c1)c1cc(-c2cnc3ccccn23)ccn1. The molecule has 8 nitrogen and oxygen atoms in total. The van der Waals surface area contributed by atoms with Gasteiger partial charge in [-0.2, -0.15) is 0 Å². The van der Waals surface area contributed by atoms with Crippen molar-refractivity contribution in [3.05, 3.63) is 85.2 Å². The Morgan fingerprint density at radius 3 is 2.84 bits per heavy atom. The van der Waals surface area contributed by atoms with Gasteiger partial charge in [0.2, 0.25) is 0 Å². The summed E-state index contributed by atoms with van der Waals surface area (Å²) in [5.74, 6) is 0.540. The predicted octanol–water partition coefficient (Wildman–Crippen LogP) is 4.24. The number of benzene rings is 1. The predicted molar refractivity (Wildman–Crippen MR) is 120 cm³/mol. The van der Waals surface area contributed by atoms with E-state index in [1.165, 1.54) is 0 Å². The third-order valence-electron chi connectivity index (χ3n) is 5.60. The highest BCUT2D eigenvalue weighted by atomic mass is 16.1. The highest BCUT2D eigenvalue weighted by Crippen LogP contribution is 2.37. The van der Waals surface area contributed by atoms with Crippen molar-refractivity contribution in [1.29, 1.82) is 0 Å². The van der Waals surface area contributed by atoms with Crippen molar-refractivity contribution in [2.45, 2.75) is 18.9 Å². The summed E-state index contributed by atoms with van der Waals surface area (Å²) in [6.07, 6.45) is 9.45. The van der Waals surface area contributed by atoms with Crippen LogP contribution in [-0.4, -0.2) is 35.0 Å². The summed E-state index contributed by atoms with van der Waals surface area (Å²) in [7, 11) is 0. The van der Waals surface area contributed by atoms with Gasteiger partial charge in [-0.3, -0.25) is 14.2 Å². The van der Waals surface area contributed by atoms with Crippen molar-refractivity contribution in [3.63, 3.8) is 0 Å². The van der Waals surface area contributed by atoms with E-state index < -0.39 is 0 Å². The number of nitrogens with one attached hydrogen (secondary N) is 1. The molecule has 0 spiro atoms. The fraction of sp³-hybridized carbons (Fsp3) is 0.125. The lowest BCUT2D eigenvalue weighted by atomic mass is 10.1. The number of hydrogen-bond acceptors (Lipinski definition) is 5. The molecule has 32 heavy (non-hydrogen) atoms. The summed E-state index contributed by atoms with van der Waals surface area (Å²) in [5, 5.41) is 11.3. The lowest BCUT2D eigenvalue weighted by molar-refractivity contribution is 0.102. The van der Waals surface area contributed by atoms with Crippen LogP contribution in [0, 0.1) is 0 Å². The van der Waals surface area contributed by atoms with E-state index in [4.69, 9.17) is 0 Å². The van der Waals surface area contributed by atoms with Crippen LogP contribution in [0.2, 0.25) is 0 Å². The summed E-state index contributed by atoms with van der Waals surface area (Å²) >= 11 is 0. The van der Waals surface area contributed by atoms with Crippen LogP contribution in [0.3, 0.4) is 0 Å². The molecule has 1 saturated carbocycles. The molecule has 1 fully saturated rings. The summed E-state index contributed by atoms with van der Waals surface area (Å²) in [6, 6.07) is 17.6. The first-order valence-electron chi connectivity index (χ1n) is 10.5. The number of rotatable bonds is 5. The molecule has 1 aliphatic rings. The van der Waals surface area contributed by atoms with E-state index in [0.717, 1.165) is 41.1 Å². The number of imidazole rings is 1. The molecule has 0 radical (unpaired) electrons. The van der Waals surface area contributed by atoms with Crippen LogP contribution in [0.1, 0.15) is 29.4 Å². The Hall–Kier alpha value is -4.33. The topological polar surface area (TPSA) is 90.0 Å². The quantitative estimate of drug-likeness (QED) is 0.458. The maximum absolute atomic E-state index is 13.0. The minimum absolute atomic E-state index is 0.276. The van der Waals surface area contributed by atoms with E-state index in [2.05, 4.69) is 30.0 Å². The molecular formula is C24H19N7O. The van der Waals surface area contributed by atoms with Crippen LogP contribution in [0.4, 0.5) is 5.69 Å². The lowest BCUT2D eigenvalue weighted by Gasteiger charge is -2.09. The second kappa shape index (κ2) is 7.42. The van der Waals surface area contributed by atoms with E-state index in [1.807, 2.05) is 59.1 Å². The summed E-state index contributed by atoms with van der Waals surface area (Å²) in [4.78, 5) is 21.7. The molecular weight excluding hydrogens is 402 g/mol. The molecule has 1 N–H and O–H groups in total. The number of amides is 1. The summed E-state index contributed by atoms with van der Waals surface area (Å²) in [5.41, 5.74) is 4.55. The maximum atomic E-state index is 13.0. The number of hydrogen-bond donors (Lipinski definition) is 1. The van der Waals surface area contributed by atoms with Crippen molar-refractivity contribution in [2.75, 3.05) is 5.32 Å². The summed E-state index contributed by atoms with van der Waals surface area (Å²) in [6.45, 7) is 0. The van der Waals surface area contributed by atoms with Gasteiger partial charge >= 0.3 is 0 Å². The Morgan fingerprint density at radius 1 is 1.00 bits per heavy atom. The Labute approximate surface area is 183 Å². The second-order valence-corrected chi connectivity index (χ2v) is 7.83. The van der Waals surface area contributed by atoms with Crippen molar-refractivity contribution in [1.82, 2.24) is 29.1 Å². The number of fused-ring (bicyclic) bond motifs is 1. The molecule has 0 aliphatic heterocycles. The molecule has 4 heterocycles. The fourth-order valence-corrected chi connectivity index (χ4v) is 3.86. The van der Waals surface area contributed by atoms with Crippen LogP contribution in [-0.2, 0) is 0 Å². The molecule has 1 aliphatic carbocycles. The number of aromatic nitrogens is 6. The maximum Gasteiger partial charge on any atom is 0.274 e. The zero-order valence-corrected chi connectivity index (χ0v) is 17.1. The molecule has 1 amide bonds. The van der Waals surface area contributed by atoms with Crippen molar-refractivity contribution in [3.8, 4) is 22.6 Å². The number of anilines is 1. The minimum atomic E-state index is -0.276. The number of nitrogens with zero attached hydrogens (tertiary/aromatic N) is 6. The minimum Gasteiger partial charge on any atom is -0.321 e. The molecule has 0 unspecified atom stereocenters. The monoisotopic (exact) mass is 421 g/mol. The van der Waals surface area contributed by atoms with E-state index in [1.54, 1.807) is 24.8 Å². The Morgan fingerprint density at radius 2 is 1.94 bits per heavy atom. The van der Waals surface area contributed by atoms with Gasteiger partial charge in [-0.15, -0.1) is 10.2 Å². The number of carbonyl (C=O) groups excluding carboxylic acids is 1. The van der Waals surface area contributed by atoms with Gasteiger partial charge in [0, 0.05) is 35.2 Å². The molecule has 156 valence electrons. The average Bonchev–Trinajstić information content (AvgIpc) is 3.39. The van der Waals surface area contributed by atoms with Crippen LogP contribution in [0.15, 0.2) is 79.5 Å². The van der Waals surface area contributed by atoms with Crippen LogP contribution in [0.5, 0.6) is 0 Å². The van der Waals surface area contributed by atoms with Gasteiger partial charge in [0.05, 0.1) is 11.9 Å². The largest absolute Gasteiger partial charge is 0.321 e. The van der Waals surface area contributed by atoms with Crippen molar-refractivity contribution < 1.29 is 4.79 Å². The van der Waals surface area contributed by atoms with Gasteiger partial charge in [0.15, 0.2) is 5.82 Å². The highest BCUT2D eigenvalue weighted by molar-refractivity contribution is 6.03. The molecule has 8 heteroatoms. The fourth-order valence-electron chi connectivity index (χ4n) is 3.86. The Bertz CT molecular complexity index is 1450. The Balaban J connectivity index is 1.27. The van der Waals surface area contributed by atoms with Gasteiger partial charge in [0.1, 0.15) is 17.7 Å². The van der Waals surface area contributed by atoms with Crippen LogP contribution < -0.4 is 5.32 Å². The molecule has 6 rings (SSSR count). The van der Waals surface area contributed by atoms with Crippen LogP contribution >= 0.6 is 0 Å². The number of carbonyl (C=O) groups is 1. The molecule has 4 aromatic heterocycles. The highest BCUT2D eigenvalue weighted by Gasteiger charge is 2.26. The third-order valence-corrected chi connectivity index (χ3v) is 5.60. The van der Waals surface area contributed by atoms with Gasteiger partial charge in [-0.05, 0) is 49.2 Å². The lowest BCUT2D eigenvalue weighted by Crippen LogP contribution is -2.13. The first kappa shape index (κ1) is 18.4. The van der Waals surface area contributed by atoms with Gasteiger partial charge < -0.3 is 9.88 Å². The normalized spacial score (nSPS) is 13.4. The summed E-state index contributed by atoms with van der Waals surface area (Å²) < 4.78 is 4.08. The van der Waals surface area contributed by atoms with E-state index >= 15 is 0 Å². The number of pyridine rings is 2. The van der Waals surface area contributed by atoms with Crippen molar-refractivity contribution >= 4 is 17.2 Å². The van der Waals surface area contributed by atoms with E-state index in [9.17, 15) is 4.79 Å². The van der Waals surface area contributed by atoms with E-state index in [-0.39, 0.29) is 5.91 Å². The molecule has 0 bridgehead atoms. The molecule has 0 atom stereocenters. The van der Waals surface area contributed by atoms with Crippen LogP contribution in [0.25, 0.3) is 28.3 Å².